The van der Waals surface area contributed by atoms with E-state index in [4.69, 9.17) is 0 Å². The van der Waals surface area contributed by atoms with Crippen molar-refractivity contribution < 1.29 is 4.79 Å². The van der Waals surface area contributed by atoms with Gasteiger partial charge in [-0.05, 0) is 45.8 Å². The van der Waals surface area contributed by atoms with E-state index in [1.54, 1.807) is 0 Å². The van der Waals surface area contributed by atoms with Crippen molar-refractivity contribution in [2.45, 2.75) is 25.8 Å². The summed E-state index contributed by atoms with van der Waals surface area (Å²) in [6.45, 7) is 6.18. The Hall–Kier alpha value is -0.770. The van der Waals surface area contributed by atoms with Gasteiger partial charge in [-0.25, -0.2) is 4.79 Å². The quantitative estimate of drug-likeness (QED) is 0.703. The summed E-state index contributed by atoms with van der Waals surface area (Å²) >= 11 is 0. The molecule has 0 saturated carbocycles. The number of rotatable bonds is 2. The molecule has 0 spiro atoms. The van der Waals surface area contributed by atoms with Crippen LogP contribution >= 0.6 is 0 Å². The number of piperidine rings is 1. The van der Waals surface area contributed by atoms with Gasteiger partial charge in [-0.2, -0.15) is 0 Å². The van der Waals surface area contributed by atoms with Crippen LogP contribution in [0, 0.1) is 5.92 Å². The van der Waals surface area contributed by atoms with Gasteiger partial charge < -0.3 is 14.7 Å². The van der Waals surface area contributed by atoms with Crippen molar-refractivity contribution in [2.75, 3.05) is 40.3 Å². The molecule has 4 nitrogen and oxygen atoms in total. The summed E-state index contributed by atoms with van der Waals surface area (Å²) in [5.41, 5.74) is 0. The second kappa shape index (κ2) is 4.62. The zero-order valence-corrected chi connectivity index (χ0v) is 10.6. The molecule has 0 aromatic rings. The highest BCUT2D eigenvalue weighted by Gasteiger charge is 2.38. The summed E-state index contributed by atoms with van der Waals surface area (Å²) < 4.78 is 0. The first-order valence-electron chi connectivity index (χ1n) is 6.33. The molecule has 2 saturated heterocycles. The maximum atomic E-state index is 11.9. The molecule has 2 aliphatic heterocycles. The summed E-state index contributed by atoms with van der Waals surface area (Å²) in [5, 5.41) is 0. The zero-order valence-electron chi connectivity index (χ0n) is 10.6. The highest BCUT2D eigenvalue weighted by Crippen LogP contribution is 2.27. The van der Waals surface area contributed by atoms with Crippen molar-refractivity contribution in [3.8, 4) is 0 Å². The molecule has 2 fully saturated rings. The van der Waals surface area contributed by atoms with Crippen molar-refractivity contribution in [3.63, 3.8) is 0 Å². The van der Waals surface area contributed by atoms with Crippen molar-refractivity contribution in [2.24, 2.45) is 5.92 Å². The van der Waals surface area contributed by atoms with Crippen molar-refractivity contribution in [1.29, 1.82) is 0 Å². The van der Waals surface area contributed by atoms with Crippen molar-refractivity contribution in [3.05, 3.63) is 0 Å². The Balaban J connectivity index is 1.97. The fourth-order valence-corrected chi connectivity index (χ4v) is 2.93. The van der Waals surface area contributed by atoms with Gasteiger partial charge in [0.2, 0.25) is 0 Å². The van der Waals surface area contributed by atoms with Gasteiger partial charge in [-0.15, -0.1) is 0 Å². The Morgan fingerprint density at radius 1 is 1.25 bits per heavy atom. The first-order chi connectivity index (χ1) is 7.63. The van der Waals surface area contributed by atoms with Gasteiger partial charge in [0.1, 0.15) is 0 Å². The van der Waals surface area contributed by atoms with E-state index in [2.05, 4.69) is 18.9 Å². The lowest BCUT2D eigenvalue weighted by molar-refractivity contribution is 0.150. The van der Waals surface area contributed by atoms with Crippen LogP contribution in [-0.2, 0) is 0 Å². The van der Waals surface area contributed by atoms with Crippen LogP contribution in [0.5, 0.6) is 0 Å². The molecule has 0 radical (unpaired) electrons. The molecule has 2 amide bonds. The lowest BCUT2D eigenvalue weighted by atomic mass is 9.89. The third-order valence-corrected chi connectivity index (χ3v) is 4.17. The standard InChI is InChI=1S/C12H23N3O/c1-4-15-9-11(14(3)12(15)16)10-5-7-13(2)8-6-10/h10-11H,4-9H2,1-3H3. The molecule has 0 aliphatic carbocycles. The maximum Gasteiger partial charge on any atom is 0.320 e. The van der Waals surface area contributed by atoms with E-state index in [0.29, 0.717) is 12.0 Å². The molecule has 1 unspecified atom stereocenters. The molecule has 4 heteroatoms. The van der Waals surface area contributed by atoms with E-state index in [9.17, 15) is 4.79 Å². The number of carbonyl (C=O) groups is 1. The third-order valence-electron chi connectivity index (χ3n) is 4.17. The minimum atomic E-state index is 0.214. The fourth-order valence-electron chi connectivity index (χ4n) is 2.93. The summed E-state index contributed by atoms with van der Waals surface area (Å²) in [6.07, 6.45) is 2.46. The SMILES string of the molecule is CCN1CC(C2CCN(C)CC2)N(C)C1=O. The first kappa shape index (κ1) is 11.7. The van der Waals surface area contributed by atoms with Crippen molar-refractivity contribution in [1.82, 2.24) is 14.7 Å². The molecule has 0 bridgehead atoms. The predicted molar refractivity (Wildman–Crippen MR) is 64.4 cm³/mol. The van der Waals surface area contributed by atoms with E-state index < -0.39 is 0 Å². The molecular formula is C12H23N3O. The van der Waals surface area contributed by atoms with Gasteiger partial charge in [0.05, 0.1) is 6.04 Å². The highest BCUT2D eigenvalue weighted by atomic mass is 16.2. The Labute approximate surface area is 98.2 Å². The number of nitrogens with zero attached hydrogens (tertiary/aromatic N) is 3. The first-order valence-corrected chi connectivity index (χ1v) is 6.33. The number of hydrogen-bond acceptors (Lipinski definition) is 2. The molecule has 2 heterocycles. The molecule has 16 heavy (non-hydrogen) atoms. The third kappa shape index (κ3) is 2.03. The van der Waals surface area contributed by atoms with Crippen LogP contribution in [0.1, 0.15) is 19.8 Å². The number of carbonyl (C=O) groups excluding carboxylic acids is 1. The lowest BCUT2D eigenvalue weighted by Crippen LogP contribution is -2.42. The molecule has 0 N–H and O–H groups in total. The van der Waals surface area contributed by atoms with Gasteiger partial charge in [0.15, 0.2) is 0 Å². The number of hydrogen-bond donors (Lipinski definition) is 0. The van der Waals surface area contributed by atoms with E-state index in [-0.39, 0.29) is 6.03 Å². The fraction of sp³-hybridized carbons (Fsp3) is 0.917. The molecule has 2 aliphatic rings. The molecule has 2 rings (SSSR count). The highest BCUT2D eigenvalue weighted by molar-refractivity contribution is 5.76. The van der Waals surface area contributed by atoms with Crippen LogP contribution in [0.2, 0.25) is 0 Å². The summed E-state index contributed by atoms with van der Waals surface area (Å²) in [4.78, 5) is 18.2. The van der Waals surface area contributed by atoms with E-state index in [1.807, 2.05) is 16.8 Å². The second-order valence-electron chi connectivity index (χ2n) is 5.14. The predicted octanol–water partition coefficient (Wildman–Crippen LogP) is 1.08. The lowest BCUT2D eigenvalue weighted by Gasteiger charge is -2.34. The topological polar surface area (TPSA) is 26.8 Å². The van der Waals surface area contributed by atoms with Crippen LogP contribution in [0.4, 0.5) is 4.79 Å². The maximum absolute atomic E-state index is 11.9. The van der Waals surface area contributed by atoms with Crippen LogP contribution < -0.4 is 0 Å². The molecule has 92 valence electrons. The Morgan fingerprint density at radius 2 is 1.88 bits per heavy atom. The second-order valence-corrected chi connectivity index (χ2v) is 5.14. The largest absolute Gasteiger partial charge is 0.323 e. The molecule has 1 atom stereocenters. The number of amides is 2. The van der Waals surface area contributed by atoms with E-state index in [0.717, 1.165) is 13.1 Å². The number of likely N-dealkylation sites (tertiary alicyclic amines) is 1. The van der Waals surface area contributed by atoms with Crippen LogP contribution in [-0.4, -0.2) is 67.0 Å². The normalized spacial score (nSPS) is 29.2. The Bertz CT molecular complexity index is 261. The van der Waals surface area contributed by atoms with E-state index in [1.165, 1.54) is 25.9 Å². The van der Waals surface area contributed by atoms with Crippen LogP contribution in [0.3, 0.4) is 0 Å². The number of likely N-dealkylation sites (N-methyl/N-ethyl adjacent to an activating group) is 2. The molecular weight excluding hydrogens is 202 g/mol. The van der Waals surface area contributed by atoms with Gasteiger partial charge in [-0.1, -0.05) is 0 Å². The Kier molecular flexibility index (Phi) is 3.38. The van der Waals surface area contributed by atoms with Gasteiger partial charge >= 0.3 is 6.03 Å². The monoisotopic (exact) mass is 225 g/mol. The zero-order chi connectivity index (χ0) is 11.7. The van der Waals surface area contributed by atoms with Crippen LogP contribution in [0.15, 0.2) is 0 Å². The smallest absolute Gasteiger partial charge is 0.320 e. The molecule has 0 aromatic heterocycles. The average Bonchev–Trinajstić information content (AvgIpc) is 2.57. The van der Waals surface area contributed by atoms with Crippen LogP contribution in [0.25, 0.3) is 0 Å². The van der Waals surface area contributed by atoms with Crippen molar-refractivity contribution >= 4 is 6.03 Å². The number of urea groups is 1. The average molecular weight is 225 g/mol. The van der Waals surface area contributed by atoms with Gasteiger partial charge in [-0.3, -0.25) is 0 Å². The molecule has 0 aromatic carbocycles. The van der Waals surface area contributed by atoms with E-state index >= 15 is 0 Å². The minimum Gasteiger partial charge on any atom is -0.323 e. The summed E-state index contributed by atoms with van der Waals surface area (Å²) in [5.74, 6) is 0.696. The summed E-state index contributed by atoms with van der Waals surface area (Å²) in [7, 11) is 4.14. The summed E-state index contributed by atoms with van der Waals surface area (Å²) in [6, 6.07) is 0.660. The van der Waals surface area contributed by atoms with Gasteiger partial charge in [0.25, 0.3) is 0 Å². The van der Waals surface area contributed by atoms with Gasteiger partial charge in [0, 0.05) is 20.1 Å². The minimum absolute atomic E-state index is 0.214. The Morgan fingerprint density at radius 3 is 2.38 bits per heavy atom.